The lowest BCUT2D eigenvalue weighted by molar-refractivity contribution is -0.120. The second kappa shape index (κ2) is 8.50. The molecule has 0 unspecified atom stereocenters. The van der Waals surface area contributed by atoms with E-state index < -0.39 is 5.91 Å². The van der Waals surface area contributed by atoms with Crippen molar-refractivity contribution in [3.05, 3.63) is 64.8 Å². The zero-order valence-electron chi connectivity index (χ0n) is 16.8. The van der Waals surface area contributed by atoms with Gasteiger partial charge in [0.25, 0.3) is 11.8 Å². The summed E-state index contributed by atoms with van der Waals surface area (Å²) in [6, 6.07) is 14.4. The topological polar surface area (TPSA) is 64.1 Å². The fourth-order valence-electron chi connectivity index (χ4n) is 4.03. The highest BCUT2D eigenvalue weighted by atomic mass is 35.5. The Hall–Kier alpha value is -2.83. The van der Waals surface area contributed by atoms with Crippen molar-refractivity contribution >= 4 is 40.4 Å². The van der Waals surface area contributed by atoms with E-state index in [0.29, 0.717) is 21.8 Å². The number of imide groups is 1. The standard InChI is InChI=1S/C23H24ClN3O3/c1-25(14-15-28)21-20(16-4-6-17(24)7-5-16)22(29)27(23(21)30)19-10-8-18(9-11-19)26-12-2-3-13-26/h4-11,28H,2-3,12-15H2,1H3. The third kappa shape index (κ3) is 3.68. The Morgan fingerprint density at radius 2 is 1.53 bits per heavy atom. The van der Waals surface area contributed by atoms with Crippen molar-refractivity contribution in [2.45, 2.75) is 12.8 Å². The first kappa shape index (κ1) is 20.4. The maximum absolute atomic E-state index is 13.4. The Balaban J connectivity index is 1.70. The Labute approximate surface area is 181 Å². The summed E-state index contributed by atoms with van der Waals surface area (Å²) in [6.45, 7) is 2.17. The minimum Gasteiger partial charge on any atom is -0.395 e. The largest absolute Gasteiger partial charge is 0.395 e. The Morgan fingerprint density at radius 3 is 2.13 bits per heavy atom. The molecule has 7 heteroatoms. The molecule has 0 saturated carbocycles. The normalized spacial score (nSPS) is 16.8. The molecule has 0 atom stereocenters. The molecule has 0 aromatic heterocycles. The highest BCUT2D eigenvalue weighted by molar-refractivity contribution is 6.45. The lowest BCUT2D eigenvalue weighted by Crippen LogP contribution is -2.34. The highest BCUT2D eigenvalue weighted by Crippen LogP contribution is 2.35. The summed E-state index contributed by atoms with van der Waals surface area (Å²) in [6.07, 6.45) is 2.36. The summed E-state index contributed by atoms with van der Waals surface area (Å²) in [7, 11) is 1.70. The molecule has 1 N–H and O–H groups in total. The van der Waals surface area contributed by atoms with E-state index in [2.05, 4.69) is 4.90 Å². The highest BCUT2D eigenvalue weighted by Gasteiger charge is 2.41. The van der Waals surface area contributed by atoms with Gasteiger partial charge in [-0.2, -0.15) is 0 Å². The molecule has 4 rings (SSSR count). The first-order chi connectivity index (χ1) is 14.5. The van der Waals surface area contributed by atoms with Crippen LogP contribution in [0.3, 0.4) is 0 Å². The van der Waals surface area contributed by atoms with E-state index in [1.165, 1.54) is 17.7 Å². The lowest BCUT2D eigenvalue weighted by Gasteiger charge is -2.21. The van der Waals surface area contributed by atoms with Crippen LogP contribution in [0.1, 0.15) is 18.4 Å². The molecule has 2 heterocycles. The lowest BCUT2D eigenvalue weighted by atomic mass is 10.0. The summed E-state index contributed by atoms with van der Waals surface area (Å²) >= 11 is 6.00. The van der Waals surface area contributed by atoms with Crippen LogP contribution in [0.15, 0.2) is 54.2 Å². The van der Waals surface area contributed by atoms with Crippen molar-refractivity contribution in [2.24, 2.45) is 0 Å². The molecule has 0 bridgehead atoms. The maximum Gasteiger partial charge on any atom is 0.282 e. The van der Waals surface area contributed by atoms with Gasteiger partial charge in [0, 0.05) is 37.4 Å². The van der Waals surface area contributed by atoms with Crippen molar-refractivity contribution in [1.29, 1.82) is 0 Å². The zero-order chi connectivity index (χ0) is 21.3. The van der Waals surface area contributed by atoms with Crippen LogP contribution < -0.4 is 9.80 Å². The molecule has 0 aliphatic carbocycles. The molecule has 1 fully saturated rings. The van der Waals surface area contributed by atoms with E-state index in [1.807, 2.05) is 24.3 Å². The van der Waals surface area contributed by atoms with Crippen LogP contribution in [0.25, 0.3) is 5.57 Å². The Morgan fingerprint density at radius 1 is 0.933 bits per heavy atom. The third-order valence-electron chi connectivity index (χ3n) is 5.59. The molecular formula is C23H24ClN3O3. The fourth-order valence-corrected chi connectivity index (χ4v) is 4.16. The van der Waals surface area contributed by atoms with E-state index in [-0.39, 0.29) is 24.8 Å². The predicted octanol–water partition coefficient (Wildman–Crippen LogP) is 3.15. The first-order valence-electron chi connectivity index (χ1n) is 10.1. The molecule has 2 aliphatic heterocycles. The number of carbonyl (C=O) groups is 2. The van der Waals surface area contributed by atoms with E-state index in [0.717, 1.165) is 18.8 Å². The quantitative estimate of drug-likeness (QED) is 0.720. The van der Waals surface area contributed by atoms with Gasteiger partial charge in [0.1, 0.15) is 5.70 Å². The van der Waals surface area contributed by atoms with Gasteiger partial charge in [0.15, 0.2) is 0 Å². The van der Waals surface area contributed by atoms with Crippen molar-refractivity contribution in [3.8, 4) is 0 Å². The molecule has 156 valence electrons. The second-order valence-corrected chi connectivity index (χ2v) is 7.97. The molecule has 6 nitrogen and oxygen atoms in total. The number of benzene rings is 2. The van der Waals surface area contributed by atoms with Crippen LogP contribution in [-0.4, -0.2) is 55.1 Å². The predicted molar refractivity (Wildman–Crippen MR) is 118 cm³/mol. The van der Waals surface area contributed by atoms with Crippen molar-refractivity contribution in [2.75, 3.05) is 43.1 Å². The second-order valence-electron chi connectivity index (χ2n) is 7.53. The number of anilines is 2. The van der Waals surface area contributed by atoms with Gasteiger partial charge in [-0.3, -0.25) is 9.59 Å². The number of likely N-dealkylation sites (N-methyl/N-ethyl adjacent to an activating group) is 1. The Kier molecular flexibility index (Phi) is 5.79. The molecule has 2 amide bonds. The van der Waals surface area contributed by atoms with Gasteiger partial charge >= 0.3 is 0 Å². The minimum absolute atomic E-state index is 0.125. The van der Waals surface area contributed by atoms with Gasteiger partial charge in [0.05, 0.1) is 17.9 Å². The number of hydrogen-bond acceptors (Lipinski definition) is 5. The van der Waals surface area contributed by atoms with Gasteiger partial charge in [-0.1, -0.05) is 23.7 Å². The fraction of sp³-hybridized carbons (Fsp3) is 0.304. The van der Waals surface area contributed by atoms with Gasteiger partial charge in [-0.05, 0) is 54.8 Å². The number of carbonyl (C=O) groups excluding carboxylic acids is 2. The summed E-state index contributed by atoms with van der Waals surface area (Å²) in [4.78, 5) is 31.8. The van der Waals surface area contributed by atoms with Gasteiger partial charge < -0.3 is 14.9 Å². The monoisotopic (exact) mass is 425 g/mol. The van der Waals surface area contributed by atoms with Gasteiger partial charge in [-0.15, -0.1) is 0 Å². The number of halogens is 1. The van der Waals surface area contributed by atoms with E-state index in [9.17, 15) is 14.7 Å². The summed E-state index contributed by atoms with van der Waals surface area (Å²) in [5.41, 5.74) is 2.84. The van der Waals surface area contributed by atoms with Crippen LogP contribution in [0.5, 0.6) is 0 Å². The van der Waals surface area contributed by atoms with Crippen LogP contribution in [-0.2, 0) is 9.59 Å². The average Bonchev–Trinajstić information content (AvgIpc) is 3.36. The first-order valence-corrected chi connectivity index (χ1v) is 10.4. The van der Waals surface area contributed by atoms with Crippen LogP contribution in [0.4, 0.5) is 11.4 Å². The molecule has 2 aromatic carbocycles. The summed E-state index contributed by atoms with van der Waals surface area (Å²) in [5, 5.41) is 9.92. The summed E-state index contributed by atoms with van der Waals surface area (Å²) < 4.78 is 0. The van der Waals surface area contributed by atoms with E-state index in [1.54, 1.807) is 36.2 Å². The molecule has 0 radical (unpaired) electrons. The number of amides is 2. The molecular weight excluding hydrogens is 402 g/mol. The van der Waals surface area contributed by atoms with Gasteiger partial charge in [-0.25, -0.2) is 4.90 Å². The van der Waals surface area contributed by atoms with Crippen LogP contribution in [0, 0.1) is 0 Å². The van der Waals surface area contributed by atoms with Gasteiger partial charge in [0.2, 0.25) is 0 Å². The van der Waals surface area contributed by atoms with Crippen molar-refractivity contribution in [1.82, 2.24) is 4.90 Å². The van der Waals surface area contributed by atoms with E-state index >= 15 is 0 Å². The minimum atomic E-state index is -0.394. The number of aliphatic hydroxyl groups excluding tert-OH is 1. The Bertz CT molecular complexity index is 980. The number of aliphatic hydroxyl groups is 1. The third-order valence-corrected chi connectivity index (χ3v) is 5.84. The van der Waals surface area contributed by atoms with Crippen molar-refractivity contribution in [3.63, 3.8) is 0 Å². The average molecular weight is 426 g/mol. The number of nitrogens with zero attached hydrogens (tertiary/aromatic N) is 3. The molecule has 2 aliphatic rings. The molecule has 30 heavy (non-hydrogen) atoms. The SMILES string of the molecule is CN(CCO)C1=C(c2ccc(Cl)cc2)C(=O)N(c2ccc(N3CCCC3)cc2)C1=O. The zero-order valence-corrected chi connectivity index (χ0v) is 17.6. The maximum atomic E-state index is 13.4. The van der Waals surface area contributed by atoms with Crippen molar-refractivity contribution < 1.29 is 14.7 Å². The van der Waals surface area contributed by atoms with Crippen LogP contribution >= 0.6 is 11.6 Å². The summed E-state index contributed by atoms with van der Waals surface area (Å²) in [5.74, 6) is -0.772. The smallest absolute Gasteiger partial charge is 0.282 e. The number of rotatable bonds is 6. The van der Waals surface area contributed by atoms with E-state index in [4.69, 9.17) is 11.6 Å². The molecule has 0 spiro atoms. The van der Waals surface area contributed by atoms with Crippen LogP contribution in [0.2, 0.25) is 5.02 Å². The molecule has 2 aromatic rings. The molecule has 1 saturated heterocycles. The number of hydrogen-bond donors (Lipinski definition) is 1.